The van der Waals surface area contributed by atoms with Crippen LogP contribution in [0.4, 0.5) is 0 Å². The Labute approximate surface area is 114 Å². The summed E-state index contributed by atoms with van der Waals surface area (Å²) in [5.74, 6) is 2.00. The Morgan fingerprint density at radius 1 is 1.17 bits per heavy atom. The van der Waals surface area contributed by atoms with Crippen molar-refractivity contribution in [1.29, 1.82) is 0 Å². The minimum Gasteiger partial charge on any atom is -0.384 e. The number of thioether (sulfide) groups is 1. The van der Waals surface area contributed by atoms with Crippen molar-refractivity contribution in [2.75, 3.05) is 11.5 Å². The molecule has 0 bridgehead atoms. The monoisotopic (exact) mass is 262 g/mol. The molecule has 1 unspecified atom stereocenters. The second-order valence-corrected chi connectivity index (χ2v) is 7.49. The summed E-state index contributed by atoms with van der Waals surface area (Å²) in [6.07, 6.45) is 4.76. The lowest BCUT2D eigenvalue weighted by molar-refractivity contribution is -0.0579. The zero-order valence-electron chi connectivity index (χ0n) is 11.3. The van der Waals surface area contributed by atoms with Gasteiger partial charge in [-0.3, -0.25) is 0 Å². The number of fused-ring (bicyclic) bond motifs is 1. The minimum absolute atomic E-state index is 0.0227. The molecule has 0 amide bonds. The van der Waals surface area contributed by atoms with Gasteiger partial charge in [0.2, 0.25) is 0 Å². The fourth-order valence-electron chi connectivity index (χ4n) is 3.25. The molecule has 1 aromatic rings. The standard InChI is InChI=1S/C16H22OS/c1-15(2)8-9-18-11-16(15,17)14-7-6-12-4-3-5-13(12)10-14/h6-7,10,17H,3-5,8-9,11H2,1-2H3. The molecule has 1 aliphatic heterocycles. The van der Waals surface area contributed by atoms with Crippen molar-refractivity contribution < 1.29 is 5.11 Å². The summed E-state index contributed by atoms with van der Waals surface area (Å²) in [4.78, 5) is 0. The summed E-state index contributed by atoms with van der Waals surface area (Å²) in [5.41, 5.74) is 3.41. The maximum absolute atomic E-state index is 11.2. The highest BCUT2D eigenvalue weighted by molar-refractivity contribution is 7.99. The zero-order valence-corrected chi connectivity index (χ0v) is 12.1. The Morgan fingerprint density at radius 2 is 1.94 bits per heavy atom. The predicted octanol–water partition coefficient (Wildman–Crippen LogP) is 3.53. The molecule has 2 aliphatic rings. The van der Waals surface area contributed by atoms with E-state index in [-0.39, 0.29) is 5.41 Å². The number of hydrogen-bond acceptors (Lipinski definition) is 2. The SMILES string of the molecule is CC1(C)CCSCC1(O)c1ccc2c(c1)CCC2. The molecule has 1 fully saturated rings. The molecule has 3 rings (SSSR count). The van der Waals surface area contributed by atoms with Crippen molar-refractivity contribution in [3.05, 3.63) is 34.9 Å². The van der Waals surface area contributed by atoms with Gasteiger partial charge in [0.25, 0.3) is 0 Å². The van der Waals surface area contributed by atoms with Gasteiger partial charge in [0.15, 0.2) is 0 Å². The molecule has 1 atom stereocenters. The van der Waals surface area contributed by atoms with Gasteiger partial charge in [0.05, 0.1) is 0 Å². The summed E-state index contributed by atoms with van der Waals surface area (Å²) >= 11 is 1.88. The van der Waals surface area contributed by atoms with Crippen LogP contribution in [-0.4, -0.2) is 16.6 Å². The quantitative estimate of drug-likeness (QED) is 0.835. The van der Waals surface area contributed by atoms with Crippen molar-refractivity contribution in [2.24, 2.45) is 5.41 Å². The molecule has 0 radical (unpaired) electrons. The summed E-state index contributed by atoms with van der Waals surface area (Å²) in [7, 11) is 0. The van der Waals surface area contributed by atoms with Gasteiger partial charge in [0, 0.05) is 5.75 Å². The van der Waals surface area contributed by atoms with E-state index < -0.39 is 5.60 Å². The number of aryl methyl sites for hydroxylation is 2. The normalized spacial score (nSPS) is 30.2. The number of rotatable bonds is 1. The van der Waals surface area contributed by atoms with Gasteiger partial charge in [0.1, 0.15) is 5.60 Å². The smallest absolute Gasteiger partial charge is 0.104 e. The Morgan fingerprint density at radius 3 is 2.72 bits per heavy atom. The third kappa shape index (κ3) is 1.81. The minimum atomic E-state index is -0.659. The third-order valence-electron chi connectivity index (χ3n) is 4.88. The van der Waals surface area contributed by atoms with E-state index >= 15 is 0 Å². The zero-order chi connectivity index (χ0) is 12.8. The Balaban J connectivity index is 2.02. The molecule has 1 saturated heterocycles. The summed E-state index contributed by atoms with van der Waals surface area (Å²) in [6, 6.07) is 6.68. The third-order valence-corrected chi connectivity index (χ3v) is 5.99. The van der Waals surface area contributed by atoms with E-state index in [1.165, 1.54) is 36.1 Å². The number of benzene rings is 1. The van der Waals surface area contributed by atoms with Crippen LogP contribution in [-0.2, 0) is 18.4 Å². The Hall–Kier alpha value is -0.470. The summed E-state index contributed by atoms with van der Waals surface area (Å²) < 4.78 is 0. The van der Waals surface area contributed by atoms with Crippen LogP contribution in [0, 0.1) is 5.41 Å². The lowest BCUT2D eigenvalue weighted by Crippen LogP contribution is -2.47. The number of aliphatic hydroxyl groups is 1. The maximum atomic E-state index is 11.2. The van der Waals surface area contributed by atoms with Gasteiger partial charge < -0.3 is 5.11 Å². The molecule has 98 valence electrons. The van der Waals surface area contributed by atoms with Gasteiger partial charge in [-0.2, -0.15) is 11.8 Å². The van der Waals surface area contributed by atoms with E-state index in [4.69, 9.17) is 0 Å². The number of hydrogen-bond donors (Lipinski definition) is 1. The molecular formula is C16H22OS. The molecule has 0 spiro atoms. The molecule has 1 heterocycles. The first-order chi connectivity index (χ1) is 8.53. The van der Waals surface area contributed by atoms with Crippen LogP contribution in [0.2, 0.25) is 0 Å². The van der Waals surface area contributed by atoms with Gasteiger partial charge in [-0.1, -0.05) is 32.0 Å². The molecule has 1 N–H and O–H groups in total. The van der Waals surface area contributed by atoms with Crippen LogP contribution in [0.15, 0.2) is 18.2 Å². The van der Waals surface area contributed by atoms with Gasteiger partial charge in [-0.25, -0.2) is 0 Å². The van der Waals surface area contributed by atoms with Crippen LogP contribution in [0.5, 0.6) is 0 Å². The highest BCUT2D eigenvalue weighted by Crippen LogP contribution is 2.49. The van der Waals surface area contributed by atoms with Gasteiger partial charge in [-0.05, 0) is 53.5 Å². The fourth-order valence-corrected chi connectivity index (χ4v) is 4.90. The van der Waals surface area contributed by atoms with E-state index in [2.05, 4.69) is 32.0 Å². The highest BCUT2D eigenvalue weighted by Gasteiger charge is 2.47. The Kier molecular flexibility index (Phi) is 2.98. The largest absolute Gasteiger partial charge is 0.384 e. The molecule has 18 heavy (non-hydrogen) atoms. The van der Waals surface area contributed by atoms with Crippen molar-refractivity contribution in [3.63, 3.8) is 0 Å². The molecule has 0 saturated carbocycles. The van der Waals surface area contributed by atoms with Crippen molar-refractivity contribution in [1.82, 2.24) is 0 Å². The second kappa shape index (κ2) is 4.28. The van der Waals surface area contributed by atoms with E-state index in [9.17, 15) is 5.11 Å². The average Bonchev–Trinajstić information content (AvgIpc) is 2.80. The van der Waals surface area contributed by atoms with Crippen LogP contribution >= 0.6 is 11.8 Å². The van der Waals surface area contributed by atoms with E-state index in [1.54, 1.807) is 0 Å². The summed E-state index contributed by atoms with van der Waals surface area (Å²) in [5, 5.41) is 11.2. The van der Waals surface area contributed by atoms with Gasteiger partial charge in [-0.15, -0.1) is 0 Å². The summed E-state index contributed by atoms with van der Waals surface area (Å²) in [6.45, 7) is 4.42. The van der Waals surface area contributed by atoms with Crippen molar-refractivity contribution in [3.8, 4) is 0 Å². The van der Waals surface area contributed by atoms with Crippen molar-refractivity contribution in [2.45, 2.75) is 45.1 Å². The molecule has 1 aromatic carbocycles. The first-order valence-electron chi connectivity index (χ1n) is 6.95. The maximum Gasteiger partial charge on any atom is 0.104 e. The topological polar surface area (TPSA) is 20.2 Å². The van der Waals surface area contributed by atoms with Crippen LogP contribution in [0.25, 0.3) is 0 Å². The molecule has 1 aliphatic carbocycles. The van der Waals surface area contributed by atoms with E-state index in [1.807, 2.05) is 11.8 Å². The van der Waals surface area contributed by atoms with Crippen LogP contribution < -0.4 is 0 Å². The molecule has 0 aromatic heterocycles. The van der Waals surface area contributed by atoms with Crippen LogP contribution in [0.3, 0.4) is 0 Å². The molecule has 1 nitrogen and oxygen atoms in total. The predicted molar refractivity (Wildman–Crippen MR) is 78.1 cm³/mol. The first-order valence-corrected chi connectivity index (χ1v) is 8.11. The fraction of sp³-hybridized carbons (Fsp3) is 0.625. The molecular weight excluding hydrogens is 240 g/mol. The first kappa shape index (κ1) is 12.6. The lowest BCUT2D eigenvalue weighted by Gasteiger charge is -2.46. The van der Waals surface area contributed by atoms with Crippen molar-refractivity contribution >= 4 is 11.8 Å². The van der Waals surface area contributed by atoms with E-state index in [0.717, 1.165) is 17.7 Å². The second-order valence-electron chi connectivity index (χ2n) is 6.38. The lowest BCUT2D eigenvalue weighted by atomic mass is 9.69. The van der Waals surface area contributed by atoms with Crippen LogP contribution in [0.1, 0.15) is 43.4 Å². The molecule has 2 heteroatoms. The van der Waals surface area contributed by atoms with Gasteiger partial charge >= 0.3 is 0 Å². The highest BCUT2D eigenvalue weighted by atomic mass is 32.2. The van der Waals surface area contributed by atoms with E-state index in [0.29, 0.717) is 0 Å². The Bertz CT molecular complexity index is 466. The average molecular weight is 262 g/mol.